The molecule has 3 aliphatic heterocycles. The smallest absolute Gasteiger partial charge is 0.310 e. The molecule has 2 N–H and O–H groups in total. The molecule has 0 unspecified atom stereocenters. The fourth-order valence-electron chi connectivity index (χ4n) is 5.99. The highest BCUT2D eigenvalue weighted by Gasteiger charge is 2.75. The number of aliphatic hydroxyl groups excluding tert-OH is 1. The van der Waals surface area contributed by atoms with Crippen molar-refractivity contribution in [3.8, 4) is 5.75 Å². The molecule has 4 rings (SSSR count). The number of likely N-dealkylation sites (tertiary alicyclic amines) is 1. The van der Waals surface area contributed by atoms with Crippen LogP contribution in [0.25, 0.3) is 0 Å². The Morgan fingerprint density at radius 2 is 2.03 bits per heavy atom. The predicted molar refractivity (Wildman–Crippen MR) is 123 cm³/mol. The summed E-state index contributed by atoms with van der Waals surface area (Å²) in [5.74, 6) is -3.42. The summed E-state index contributed by atoms with van der Waals surface area (Å²) < 4.78 is 11.5. The lowest BCUT2D eigenvalue weighted by Gasteiger charge is -2.40. The van der Waals surface area contributed by atoms with Crippen LogP contribution in [0.5, 0.6) is 5.75 Å². The van der Waals surface area contributed by atoms with Gasteiger partial charge in [-0.05, 0) is 43.0 Å². The van der Waals surface area contributed by atoms with E-state index in [0.29, 0.717) is 24.3 Å². The van der Waals surface area contributed by atoms with Gasteiger partial charge < -0.3 is 29.5 Å². The summed E-state index contributed by atoms with van der Waals surface area (Å²) in [5.41, 5.74) is -0.652. The number of benzene rings is 1. The van der Waals surface area contributed by atoms with Crippen LogP contribution in [0, 0.1) is 17.8 Å². The summed E-state index contributed by atoms with van der Waals surface area (Å²) in [5, 5.41) is 20.1. The van der Waals surface area contributed by atoms with E-state index in [-0.39, 0.29) is 25.0 Å². The van der Waals surface area contributed by atoms with Gasteiger partial charge in [0, 0.05) is 12.2 Å². The highest BCUT2D eigenvalue weighted by atomic mass is 16.5. The molecule has 3 fully saturated rings. The van der Waals surface area contributed by atoms with Crippen molar-refractivity contribution in [1.82, 2.24) is 4.90 Å². The van der Waals surface area contributed by atoms with Crippen molar-refractivity contribution < 1.29 is 34.1 Å². The van der Waals surface area contributed by atoms with Crippen molar-refractivity contribution in [2.24, 2.45) is 17.8 Å². The third kappa shape index (κ3) is 3.49. The maximum Gasteiger partial charge on any atom is 0.310 e. The van der Waals surface area contributed by atoms with Gasteiger partial charge in [0.15, 0.2) is 0 Å². The van der Waals surface area contributed by atoms with Crippen molar-refractivity contribution >= 4 is 23.5 Å². The Hall–Kier alpha value is -2.91. The molecule has 0 saturated carbocycles. The lowest BCUT2D eigenvalue weighted by molar-refractivity contribution is -0.151. The second-order valence-electron chi connectivity index (χ2n) is 9.57. The Bertz CT molecular complexity index is 978. The zero-order chi connectivity index (χ0) is 24.8. The average Bonchev–Trinajstić information content (AvgIpc) is 3.45. The Morgan fingerprint density at radius 3 is 2.56 bits per heavy atom. The van der Waals surface area contributed by atoms with E-state index >= 15 is 0 Å². The van der Waals surface area contributed by atoms with Gasteiger partial charge in [0.1, 0.15) is 17.4 Å². The summed E-state index contributed by atoms with van der Waals surface area (Å²) >= 11 is 0. The van der Waals surface area contributed by atoms with Crippen LogP contribution in [0.1, 0.15) is 26.7 Å². The minimum Gasteiger partial charge on any atom is -0.497 e. The molecule has 0 radical (unpaired) electrons. The number of carboxylic acid groups (broad SMARTS) is 1. The highest BCUT2D eigenvalue weighted by molar-refractivity contribution is 6.04. The van der Waals surface area contributed by atoms with Crippen LogP contribution in [-0.4, -0.2) is 76.9 Å². The first-order valence-corrected chi connectivity index (χ1v) is 11.6. The van der Waals surface area contributed by atoms with Crippen molar-refractivity contribution in [1.29, 1.82) is 0 Å². The number of aliphatic carboxylic acids is 1. The molecule has 1 aromatic carbocycles. The second-order valence-corrected chi connectivity index (χ2v) is 9.57. The number of carbonyl (C=O) groups excluding carboxylic acids is 2. The van der Waals surface area contributed by atoms with Crippen LogP contribution in [-0.2, 0) is 19.1 Å². The van der Waals surface area contributed by atoms with E-state index in [1.165, 1.54) is 9.80 Å². The summed E-state index contributed by atoms with van der Waals surface area (Å²) in [6.45, 7) is 7.34. The molecule has 0 aliphatic carbocycles. The Kier molecular flexibility index (Phi) is 6.44. The van der Waals surface area contributed by atoms with Gasteiger partial charge in [-0.15, -0.1) is 6.58 Å². The number of hydrogen-bond donors (Lipinski definition) is 2. The number of ether oxygens (including phenoxy) is 2. The maximum absolute atomic E-state index is 14.2. The van der Waals surface area contributed by atoms with Crippen molar-refractivity contribution in [2.45, 2.75) is 50.5 Å². The quantitative estimate of drug-likeness (QED) is 0.526. The van der Waals surface area contributed by atoms with E-state index in [1.54, 1.807) is 37.5 Å². The standard InChI is InChI=1S/C25H32N2O7/c1-5-12-26(15-6-8-16(33-4)9-7-15)23(30)21-25-11-10-18(34-25)19(24(31)32)20(25)22(29)27(21)17(13-28)14(2)3/h5-9,14,17-21,28H,1,10-13H2,2-4H3,(H,31,32)/t17-,18-,19+,20+,21-,25+/m0/s1. The predicted octanol–water partition coefficient (Wildman–Crippen LogP) is 1.69. The van der Waals surface area contributed by atoms with Crippen LogP contribution in [0.3, 0.4) is 0 Å². The molecule has 9 nitrogen and oxygen atoms in total. The molecule has 0 aromatic heterocycles. The van der Waals surface area contributed by atoms with Crippen LogP contribution in [0.2, 0.25) is 0 Å². The number of aliphatic hydroxyl groups is 1. The normalized spacial score (nSPS) is 30.4. The summed E-state index contributed by atoms with van der Waals surface area (Å²) in [4.78, 5) is 43.1. The fraction of sp³-hybridized carbons (Fsp3) is 0.560. The molecule has 1 aromatic rings. The molecule has 3 aliphatic rings. The first kappa shape index (κ1) is 24.2. The second kappa shape index (κ2) is 9.03. The van der Waals surface area contributed by atoms with E-state index in [9.17, 15) is 24.6 Å². The minimum atomic E-state index is -1.24. The number of anilines is 1. The van der Waals surface area contributed by atoms with E-state index < -0.39 is 47.5 Å². The first-order valence-electron chi connectivity index (χ1n) is 11.6. The number of rotatable bonds is 9. The molecular formula is C25H32N2O7. The van der Waals surface area contributed by atoms with Gasteiger partial charge in [-0.1, -0.05) is 19.9 Å². The van der Waals surface area contributed by atoms with Gasteiger partial charge in [-0.3, -0.25) is 14.4 Å². The largest absolute Gasteiger partial charge is 0.497 e. The lowest BCUT2D eigenvalue weighted by atomic mass is 9.70. The fourth-order valence-corrected chi connectivity index (χ4v) is 5.99. The van der Waals surface area contributed by atoms with Gasteiger partial charge >= 0.3 is 5.97 Å². The van der Waals surface area contributed by atoms with E-state index in [4.69, 9.17) is 9.47 Å². The molecule has 9 heteroatoms. The number of amides is 2. The molecule has 184 valence electrons. The molecule has 3 heterocycles. The zero-order valence-corrected chi connectivity index (χ0v) is 19.7. The number of methoxy groups -OCH3 is 1. The van der Waals surface area contributed by atoms with Crippen molar-refractivity contribution in [3.63, 3.8) is 0 Å². The van der Waals surface area contributed by atoms with Crippen molar-refractivity contribution in [3.05, 3.63) is 36.9 Å². The number of carbonyl (C=O) groups is 3. The molecule has 3 saturated heterocycles. The van der Waals surface area contributed by atoms with Crippen molar-refractivity contribution in [2.75, 3.05) is 25.2 Å². The molecule has 2 bridgehead atoms. The molecule has 1 spiro atoms. The zero-order valence-electron chi connectivity index (χ0n) is 19.7. The number of carboxylic acids is 1. The van der Waals surface area contributed by atoms with Gasteiger partial charge in [-0.25, -0.2) is 0 Å². The van der Waals surface area contributed by atoms with Gasteiger partial charge in [0.2, 0.25) is 5.91 Å². The van der Waals surface area contributed by atoms with Crippen LogP contribution in [0.4, 0.5) is 5.69 Å². The molecule has 34 heavy (non-hydrogen) atoms. The molecule has 6 atom stereocenters. The average molecular weight is 473 g/mol. The first-order chi connectivity index (χ1) is 16.2. The van der Waals surface area contributed by atoms with E-state index in [1.807, 2.05) is 13.8 Å². The summed E-state index contributed by atoms with van der Waals surface area (Å²) in [7, 11) is 1.55. The molecule has 2 amide bonds. The van der Waals surface area contributed by atoms with Crippen LogP contribution in [0.15, 0.2) is 36.9 Å². The third-order valence-corrected chi connectivity index (χ3v) is 7.53. The van der Waals surface area contributed by atoms with Gasteiger partial charge in [0.05, 0.1) is 37.7 Å². The minimum absolute atomic E-state index is 0.159. The Labute approximate surface area is 198 Å². The molecular weight excluding hydrogens is 440 g/mol. The highest BCUT2D eigenvalue weighted by Crippen LogP contribution is 2.59. The third-order valence-electron chi connectivity index (χ3n) is 7.53. The summed E-state index contributed by atoms with van der Waals surface area (Å²) in [6.07, 6.45) is 1.86. The van der Waals surface area contributed by atoms with Gasteiger partial charge in [0.25, 0.3) is 5.91 Å². The number of hydrogen-bond acceptors (Lipinski definition) is 6. The topological polar surface area (TPSA) is 117 Å². The monoisotopic (exact) mass is 472 g/mol. The SMILES string of the molecule is C=CCN(C(=O)[C@@H]1N([C@@H](CO)C(C)C)C(=O)[C@H]2[C@H](C(=O)O)[C@@H]3CC[C@]12O3)c1ccc(OC)cc1. The Balaban J connectivity index is 1.82. The van der Waals surface area contributed by atoms with Gasteiger partial charge in [-0.2, -0.15) is 0 Å². The van der Waals surface area contributed by atoms with Crippen LogP contribution < -0.4 is 9.64 Å². The van der Waals surface area contributed by atoms with E-state index in [0.717, 1.165) is 0 Å². The number of nitrogens with zero attached hydrogens (tertiary/aromatic N) is 2. The Morgan fingerprint density at radius 1 is 1.35 bits per heavy atom. The maximum atomic E-state index is 14.2. The van der Waals surface area contributed by atoms with E-state index in [2.05, 4.69) is 6.58 Å². The van der Waals surface area contributed by atoms with Crippen LogP contribution >= 0.6 is 0 Å². The summed E-state index contributed by atoms with van der Waals surface area (Å²) in [6, 6.07) is 5.26. The lowest BCUT2D eigenvalue weighted by Crippen LogP contribution is -2.59. The number of fused-ring (bicyclic) bond motifs is 1.